The highest BCUT2D eigenvalue weighted by Crippen LogP contribution is 2.11. The van der Waals surface area contributed by atoms with Crippen LogP contribution >= 0.6 is 0 Å². The lowest BCUT2D eigenvalue weighted by Gasteiger charge is -2.27. The van der Waals surface area contributed by atoms with Crippen molar-refractivity contribution in [1.82, 2.24) is 14.8 Å². The Morgan fingerprint density at radius 1 is 1.16 bits per heavy atom. The molecule has 0 radical (unpaired) electrons. The Morgan fingerprint density at radius 2 is 1.88 bits per heavy atom. The number of rotatable bonds is 4. The lowest BCUT2D eigenvalue weighted by molar-refractivity contribution is 0.0303. The largest absolute Gasteiger partial charge is 0.378 e. The van der Waals surface area contributed by atoms with Crippen molar-refractivity contribution in [3.8, 4) is 0 Å². The minimum atomic E-state index is -0.208. The van der Waals surface area contributed by atoms with Crippen molar-refractivity contribution in [2.45, 2.75) is 6.54 Å². The number of carbonyl (C=O) groups is 2. The van der Waals surface area contributed by atoms with Gasteiger partial charge in [-0.15, -0.1) is 0 Å². The Labute approximate surface area is 147 Å². The third-order valence-corrected chi connectivity index (χ3v) is 4.13. The van der Waals surface area contributed by atoms with Crippen molar-refractivity contribution in [3.05, 3.63) is 65.5 Å². The van der Waals surface area contributed by atoms with Crippen LogP contribution < -0.4 is 0 Å². The molecule has 2 aromatic rings. The van der Waals surface area contributed by atoms with Crippen LogP contribution in [-0.4, -0.2) is 59.9 Å². The Kier molecular flexibility index (Phi) is 5.40. The van der Waals surface area contributed by atoms with E-state index in [0.717, 1.165) is 5.56 Å². The molecule has 0 unspecified atom stereocenters. The fourth-order valence-corrected chi connectivity index (χ4v) is 2.75. The molecule has 0 atom stereocenters. The van der Waals surface area contributed by atoms with Gasteiger partial charge in [-0.1, -0.05) is 30.3 Å². The maximum absolute atomic E-state index is 12.6. The first-order valence-electron chi connectivity index (χ1n) is 8.27. The maximum atomic E-state index is 12.6. The topological polar surface area (TPSA) is 62.7 Å². The van der Waals surface area contributed by atoms with Crippen molar-refractivity contribution in [1.29, 1.82) is 0 Å². The van der Waals surface area contributed by atoms with Crippen molar-refractivity contribution in [2.75, 3.05) is 33.4 Å². The highest BCUT2D eigenvalue weighted by Gasteiger charge is 2.21. The van der Waals surface area contributed by atoms with E-state index in [0.29, 0.717) is 38.4 Å². The van der Waals surface area contributed by atoms with Crippen LogP contribution in [0.3, 0.4) is 0 Å². The molecule has 2 amide bonds. The quantitative estimate of drug-likeness (QED) is 0.852. The molecule has 2 heterocycles. The number of benzene rings is 1. The van der Waals surface area contributed by atoms with Crippen LogP contribution in [0.5, 0.6) is 0 Å². The number of hydrogen-bond acceptors (Lipinski definition) is 4. The Hall–Kier alpha value is -2.73. The standard InChI is InChI=1S/C19H21N3O3/c1-21(14-15-5-3-2-4-6-15)19(24)17-13-16(7-8-20-17)18(23)22-9-11-25-12-10-22/h2-8,13H,9-12,14H2,1H3. The predicted octanol–water partition coefficient (Wildman–Crippen LogP) is 1.83. The van der Waals surface area contributed by atoms with E-state index in [-0.39, 0.29) is 17.5 Å². The number of morpholine rings is 1. The molecule has 6 heteroatoms. The molecule has 3 rings (SSSR count). The molecular weight excluding hydrogens is 318 g/mol. The molecule has 0 aliphatic carbocycles. The number of amides is 2. The van der Waals surface area contributed by atoms with Crippen molar-refractivity contribution < 1.29 is 14.3 Å². The summed E-state index contributed by atoms with van der Waals surface area (Å²) in [5.41, 5.74) is 1.80. The Bertz CT molecular complexity index is 743. The van der Waals surface area contributed by atoms with Gasteiger partial charge in [0, 0.05) is 38.4 Å². The number of aromatic nitrogens is 1. The zero-order valence-electron chi connectivity index (χ0n) is 14.2. The molecule has 130 valence electrons. The normalized spacial score (nSPS) is 14.2. The van der Waals surface area contributed by atoms with Crippen LogP contribution in [0.15, 0.2) is 48.7 Å². The summed E-state index contributed by atoms with van der Waals surface area (Å²) >= 11 is 0. The predicted molar refractivity (Wildman–Crippen MR) is 93.2 cm³/mol. The number of ether oxygens (including phenoxy) is 1. The maximum Gasteiger partial charge on any atom is 0.272 e. The lowest BCUT2D eigenvalue weighted by Crippen LogP contribution is -2.40. The molecule has 1 fully saturated rings. The average molecular weight is 339 g/mol. The molecule has 1 aromatic carbocycles. The summed E-state index contributed by atoms with van der Waals surface area (Å²) in [6.07, 6.45) is 1.51. The second-order valence-corrected chi connectivity index (χ2v) is 5.98. The Balaban J connectivity index is 1.71. The molecule has 1 aliphatic rings. The summed E-state index contributed by atoms with van der Waals surface area (Å²) < 4.78 is 5.27. The van der Waals surface area contributed by atoms with Crippen LogP contribution in [0.25, 0.3) is 0 Å². The first-order valence-corrected chi connectivity index (χ1v) is 8.27. The van der Waals surface area contributed by atoms with Gasteiger partial charge in [0.25, 0.3) is 11.8 Å². The smallest absolute Gasteiger partial charge is 0.272 e. The zero-order chi connectivity index (χ0) is 17.6. The van der Waals surface area contributed by atoms with Gasteiger partial charge in [0.05, 0.1) is 13.2 Å². The second-order valence-electron chi connectivity index (χ2n) is 5.98. The molecule has 0 bridgehead atoms. The van der Waals surface area contributed by atoms with E-state index >= 15 is 0 Å². The summed E-state index contributed by atoms with van der Waals surface area (Å²) in [6, 6.07) is 13.0. The molecule has 1 aliphatic heterocycles. The lowest BCUT2D eigenvalue weighted by atomic mass is 10.1. The van der Waals surface area contributed by atoms with E-state index in [1.807, 2.05) is 30.3 Å². The van der Waals surface area contributed by atoms with Crippen LogP contribution in [0.1, 0.15) is 26.4 Å². The molecular formula is C19H21N3O3. The molecule has 1 saturated heterocycles. The molecule has 25 heavy (non-hydrogen) atoms. The monoisotopic (exact) mass is 339 g/mol. The summed E-state index contributed by atoms with van der Waals surface area (Å²) in [6.45, 7) is 2.71. The first kappa shape index (κ1) is 17.1. The number of hydrogen-bond donors (Lipinski definition) is 0. The highest BCUT2D eigenvalue weighted by atomic mass is 16.5. The molecule has 0 spiro atoms. The third-order valence-electron chi connectivity index (χ3n) is 4.13. The summed E-state index contributed by atoms with van der Waals surface area (Å²) in [4.78, 5) is 32.6. The number of nitrogens with zero attached hydrogens (tertiary/aromatic N) is 3. The summed E-state index contributed by atoms with van der Waals surface area (Å²) in [7, 11) is 1.73. The minimum absolute atomic E-state index is 0.0922. The highest BCUT2D eigenvalue weighted by molar-refractivity contribution is 5.98. The van der Waals surface area contributed by atoms with Gasteiger partial charge >= 0.3 is 0 Å². The molecule has 6 nitrogen and oxygen atoms in total. The molecule has 0 N–H and O–H groups in total. The van der Waals surface area contributed by atoms with Gasteiger partial charge in [0.2, 0.25) is 0 Å². The van der Waals surface area contributed by atoms with Gasteiger partial charge in [0.15, 0.2) is 0 Å². The second kappa shape index (κ2) is 7.90. The van der Waals surface area contributed by atoms with Gasteiger partial charge in [-0.2, -0.15) is 0 Å². The first-order chi connectivity index (χ1) is 12.1. The molecule has 1 aromatic heterocycles. The number of carbonyl (C=O) groups excluding carboxylic acids is 2. The van der Waals surface area contributed by atoms with Gasteiger partial charge in [-0.05, 0) is 17.7 Å². The third kappa shape index (κ3) is 4.22. The van der Waals surface area contributed by atoms with E-state index in [9.17, 15) is 9.59 Å². The van der Waals surface area contributed by atoms with Crippen LogP contribution in [0.2, 0.25) is 0 Å². The van der Waals surface area contributed by atoms with E-state index in [1.165, 1.54) is 6.20 Å². The van der Waals surface area contributed by atoms with E-state index in [2.05, 4.69) is 4.98 Å². The SMILES string of the molecule is CN(Cc1ccccc1)C(=O)c1cc(C(=O)N2CCOCC2)ccn1. The van der Waals surface area contributed by atoms with Crippen LogP contribution in [0.4, 0.5) is 0 Å². The fraction of sp³-hybridized carbons (Fsp3) is 0.316. The summed E-state index contributed by atoms with van der Waals surface area (Å²) in [5.74, 6) is -0.300. The van der Waals surface area contributed by atoms with Crippen molar-refractivity contribution in [3.63, 3.8) is 0 Å². The van der Waals surface area contributed by atoms with Crippen molar-refractivity contribution in [2.24, 2.45) is 0 Å². The van der Waals surface area contributed by atoms with E-state index in [4.69, 9.17) is 4.74 Å². The summed E-state index contributed by atoms with van der Waals surface area (Å²) in [5, 5.41) is 0. The van der Waals surface area contributed by atoms with Crippen molar-refractivity contribution >= 4 is 11.8 Å². The van der Waals surface area contributed by atoms with Gasteiger partial charge in [-0.3, -0.25) is 14.6 Å². The van der Waals surface area contributed by atoms with Crippen LogP contribution in [-0.2, 0) is 11.3 Å². The Morgan fingerprint density at radius 3 is 2.60 bits per heavy atom. The minimum Gasteiger partial charge on any atom is -0.378 e. The van der Waals surface area contributed by atoms with E-state index < -0.39 is 0 Å². The van der Waals surface area contributed by atoms with Gasteiger partial charge in [-0.25, -0.2) is 0 Å². The van der Waals surface area contributed by atoms with Gasteiger partial charge < -0.3 is 14.5 Å². The van der Waals surface area contributed by atoms with Gasteiger partial charge in [0.1, 0.15) is 5.69 Å². The number of pyridine rings is 1. The van der Waals surface area contributed by atoms with E-state index in [1.54, 1.807) is 29.0 Å². The average Bonchev–Trinajstić information content (AvgIpc) is 2.68. The fourth-order valence-electron chi connectivity index (χ4n) is 2.75. The van der Waals surface area contributed by atoms with Crippen LogP contribution in [0, 0.1) is 0 Å². The zero-order valence-corrected chi connectivity index (χ0v) is 14.2. The molecule has 0 saturated carbocycles.